The van der Waals surface area contributed by atoms with E-state index in [0.717, 1.165) is 5.56 Å². The lowest BCUT2D eigenvalue weighted by Crippen LogP contribution is -2.11. The summed E-state index contributed by atoms with van der Waals surface area (Å²) in [6, 6.07) is 7.34. The lowest BCUT2D eigenvalue weighted by Gasteiger charge is -2.01. The van der Waals surface area contributed by atoms with Crippen LogP contribution in [0.3, 0.4) is 0 Å². The van der Waals surface area contributed by atoms with E-state index in [-0.39, 0.29) is 5.78 Å². The van der Waals surface area contributed by atoms with Crippen LogP contribution >= 0.6 is 34.7 Å². The lowest BCUT2D eigenvalue weighted by molar-refractivity contribution is -0.114. The number of thioether (sulfide) groups is 1. The number of rotatable bonds is 2. The number of thiazole rings is 1. The van der Waals surface area contributed by atoms with Gasteiger partial charge in [0.1, 0.15) is 10.9 Å². The molecule has 2 aromatic rings. The van der Waals surface area contributed by atoms with Crippen molar-refractivity contribution < 1.29 is 4.79 Å². The van der Waals surface area contributed by atoms with Gasteiger partial charge in [0.15, 0.2) is 5.78 Å². The molecule has 1 aliphatic rings. The van der Waals surface area contributed by atoms with Gasteiger partial charge >= 0.3 is 0 Å². The minimum atomic E-state index is -0.547. The highest BCUT2D eigenvalue weighted by Gasteiger charge is 2.38. The van der Waals surface area contributed by atoms with E-state index >= 15 is 0 Å². The first-order valence-corrected chi connectivity index (χ1v) is 7.90. The molecule has 100 valence electrons. The minimum Gasteiger partial charge on any atom is -0.297 e. The Morgan fingerprint density at radius 3 is 2.85 bits per heavy atom. The van der Waals surface area contributed by atoms with Crippen molar-refractivity contribution in [2.24, 2.45) is 0 Å². The molecule has 1 fully saturated rings. The monoisotopic (exact) mass is 320 g/mol. The number of aromatic nitrogens is 1. The molecule has 0 spiro atoms. The van der Waals surface area contributed by atoms with Crippen LogP contribution in [0.5, 0.6) is 0 Å². The molecule has 1 unspecified atom stereocenters. The second-order valence-corrected chi connectivity index (χ2v) is 6.58. The molecule has 0 aliphatic carbocycles. The van der Waals surface area contributed by atoms with E-state index in [2.05, 4.69) is 4.98 Å². The number of carbonyl (C=O) groups is 1. The summed E-state index contributed by atoms with van der Waals surface area (Å²) < 4.78 is 0. The summed E-state index contributed by atoms with van der Waals surface area (Å²) >= 11 is 8.68. The maximum absolute atomic E-state index is 12.4. The van der Waals surface area contributed by atoms with E-state index in [1.54, 1.807) is 18.3 Å². The topological polar surface area (TPSA) is 53.8 Å². The molecular formula is C14H9ClN2OS2. The Kier molecular flexibility index (Phi) is 3.74. The van der Waals surface area contributed by atoms with Gasteiger partial charge in [0.25, 0.3) is 0 Å². The Bertz CT molecular complexity index is 710. The molecule has 1 atom stereocenters. The van der Waals surface area contributed by atoms with Gasteiger partial charge in [0.05, 0.1) is 9.95 Å². The van der Waals surface area contributed by atoms with Crippen molar-refractivity contribution in [1.82, 2.24) is 4.98 Å². The maximum atomic E-state index is 12.4. The van der Waals surface area contributed by atoms with Crippen molar-refractivity contribution in [2.75, 3.05) is 0 Å². The normalized spacial score (nSPS) is 20.9. The molecule has 0 radical (unpaired) electrons. The third-order valence-electron chi connectivity index (χ3n) is 2.88. The Morgan fingerprint density at radius 1 is 1.35 bits per heavy atom. The van der Waals surface area contributed by atoms with Gasteiger partial charge in [-0.2, -0.15) is 0 Å². The van der Waals surface area contributed by atoms with Gasteiger partial charge in [0.2, 0.25) is 0 Å². The molecular weight excluding hydrogens is 312 g/mol. The summed E-state index contributed by atoms with van der Waals surface area (Å²) in [5, 5.41) is 11.4. The van der Waals surface area contributed by atoms with Crippen LogP contribution in [0.4, 0.5) is 0 Å². The molecule has 1 aliphatic heterocycles. The van der Waals surface area contributed by atoms with Crippen LogP contribution in [-0.4, -0.2) is 15.8 Å². The summed E-state index contributed by atoms with van der Waals surface area (Å²) in [6.45, 7) is 0. The first-order chi connectivity index (χ1) is 9.66. The number of ketones is 1. The average Bonchev–Trinajstić information content (AvgIpc) is 3.02. The first kappa shape index (κ1) is 13.5. The molecule has 6 heteroatoms. The molecule has 3 nitrogen and oxygen atoms in total. The fourth-order valence-corrected chi connectivity index (χ4v) is 3.91. The number of halogens is 1. The smallest absolute Gasteiger partial charge is 0.186 e. The molecule has 20 heavy (non-hydrogen) atoms. The molecule has 1 aromatic heterocycles. The van der Waals surface area contributed by atoms with Crippen LogP contribution in [0, 0.1) is 5.41 Å². The van der Waals surface area contributed by atoms with Gasteiger partial charge in [-0.1, -0.05) is 41.6 Å². The zero-order chi connectivity index (χ0) is 14.1. The molecule has 1 aromatic carbocycles. The van der Waals surface area contributed by atoms with Crippen LogP contribution in [0.25, 0.3) is 6.08 Å². The number of hydrogen-bond donors (Lipinski definition) is 1. The Morgan fingerprint density at radius 2 is 2.15 bits per heavy atom. The molecule has 0 amide bonds. The van der Waals surface area contributed by atoms with Crippen LogP contribution in [0.2, 0.25) is 5.02 Å². The Hall–Kier alpha value is -1.43. The molecule has 1 saturated heterocycles. The summed E-state index contributed by atoms with van der Waals surface area (Å²) in [5.74, 6) is -0.622. The summed E-state index contributed by atoms with van der Waals surface area (Å²) in [5.41, 5.74) is 0.789. The van der Waals surface area contributed by atoms with E-state index in [1.165, 1.54) is 23.1 Å². The van der Waals surface area contributed by atoms with Crippen molar-refractivity contribution in [3.63, 3.8) is 0 Å². The van der Waals surface area contributed by atoms with Gasteiger partial charge < -0.3 is 0 Å². The van der Waals surface area contributed by atoms with Crippen molar-refractivity contribution >= 4 is 51.6 Å². The van der Waals surface area contributed by atoms with Crippen LogP contribution < -0.4 is 0 Å². The van der Waals surface area contributed by atoms with Gasteiger partial charge in [-0.05, 0) is 17.7 Å². The molecule has 0 bridgehead atoms. The van der Waals surface area contributed by atoms with Crippen molar-refractivity contribution in [2.45, 2.75) is 5.92 Å². The predicted octanol–water partition coefficient (Wildman–Crippen LogP) is 4.21. The van der Waals surface area contributed by atoms with E-state index in [0.29, 0.717) is 20.0 Å². The second-order valence-electron chi connectivity index (χ2n) is 4.16. The zero-order valence-electron chi connectivity index (χ0n) is 10.2. The minimum absolute atomic E-state index is 0.0742. The van der Waals surface area contributed by atoms with Gasteiger partial charge in [-0.15, -0.1) is 11.3 Å². The SMILES string of the molecule is N=C1SC(=Cc2ccccc2Cl)C(=O)C1c1nccs1. The van der Waals surface area contributed by atoms with E-state index < -0.39 is 5.92 Å². The Balaban J connectivity index is 1.96. The van der Waals surface area contributed by atoms with Crippen LogP contribution in [0.1, 0.15) is 16.5 Å². The molecule has 2 heterocycles. The van der Waals surface area contributed by atoms with E-state index in [4.69, 9.17) is 17.0 Å². The lowest BCUT2D eigenvalue weighted by atomic mass is 10.1. The Labute approximate surface area is 129 Å². The molecule has 0 saturated carbocycles. The van der Waals surface area contributed by atoms with Crippen LogP contribution in [-0.2, 0) is 4.79 Å². The quantitative estimate of drug-likeness (QED) is 0.843. The average molecular weight is 321 g/mol. The number of benzene rings is 1. The largest absolute Gasteiger partial charge is 0.297 e. The number of nitrogens with one attached hydrogen (secondary N) is 1. The third kappa shape index (κ3) is 2.44. The van der Waals surface area contributed by atoms with E-state index in [9.17, 15) is 4.79 Å². The van der Waals surface area contributed by atoms with E-state index in [1.807, 2.05) is 23.6 Å². The van der Waals surface area contributed by atoms with Gasteiger partial charge in [-0.25, -0.2) is 4.98 Å². The number of carbonyl (C=O) groups excluding carboxylic acids is 1. The van der Waals surface area contributed by atoms with Gasteiger partial charge in [-0.3, -0.25) is 10.2 Å². The summed E-state index contributed by atoms with van der Waals surface area (Å²) in [4.78, 5) is 17.1. The van der Waals surface area contributed by atoms with Crippen molar-refractivity contribution in [1.29, 1.82) is 5.41 Å². The summed E-state index contributed by atoms with van der Waals surface area (Å²) in [7, 11) is 0. The molecule has 1 N–H and O–H groups in total. The highest BCUT2D eigenvalue weighted by Crippen LogP contribution is 2.41. The maximum Gasteiger partial charge on any atom is 0.186 e. The number of nitrogens with zero attached hydrogens (tertiary/aromatic N) is 1. The second kappa shape index (κ2) is 5.52. The number of Topliss-reactive ketones (excluding diaryl/α,β-unsaturated/α-hetero) is 1. The van der Waals surface area contributed by atoms with Gasteiger partial charge in [0, 0.05) is 16.6 Å². The number of allylic oxidation sites excluding steroid dienone is 1. The highest BCUT2D eigenvalue weighted by molar-refractivity contribution is 8.19. The predicted molar refractivity (Wildman–Crippen MR) is 84.6 cm³/mol. The number of hydrogen-bond acceptors (Lipinski definition) is 5. The van der Waals surface area contributed by atoms with Crippen molar-refractivity contribution in [3.05, 3.63) is 56.3 Å². The molecule has 3 rings (SSSR count). The van der Waals surface area contributed by atoms with Crippen molar-refractivity contribution in [3.8, 4) is 0 Å². The summed E-state index contributed by atoms with van der Waals surface area (Å²) in [6.07, 6.45) is 3.40. The van der Waals surface area contributed by atoms with Crippen LogP contribution in [0.15, 0.2) is 40.7 Å². The fraction of sp³-hybridized carbons (Fsp3) is 0.0714. The zero-order valence-corrected chi connectivity index (χ0v) is 12.6. The first-order valence-electron chi connectivity index (χ1n) is 5.83. The standard InChI is InChI=1S/C14H9ClN2OS2/c15-9-4-2-1-3-8(9)7-10-12(18)11(13(16)20-10)14-17-5-6-19-14/h1-7,11,16H. The fourth-order valence-electron chi connectivity index (χ4n) is 1.92. The highest BCUT2D eigenvalue weighted by atomic mass is 35.5. The third-order valence-corrected chi connectivity index (χ3v) is 5.06.